The number of benzene rings is 3. The van der Waals surface area contributed by atoms with Gasteiger partial charge in [0.05, 0.1) is 0 Å². The molecule has 2 nitrogen and oxygen atoms in total. The number of fused-ring (bicyclic) bond motifs is 1. The molecular formula is C22H20FNO. The molecule has 25 heavy (non-hydrogen) atoms. The molecule has 0 saturated carbocycles. The summed E-state index contributed by atoms with van der Waals surface area (Å²) >= 11 is 0. The number of hydrogen-bond donors (Lipinski definition) is 0. The minimum atomic E-state index is -0.220. The predicted molar refractivity (Wildman–Crippen MR) is 98.1 cm³/mol. The molecule has 1 aliphatic rings. The molecule has 1 aliphatic heterocycles. The molecule has 0 aromatic heterocycles. The fourth-order valence-electron chi connectivity index (χ4n) is 3.82. The van der Waals surface area contributed by atoms with Crippen molar-refractivity contribution in [2.24, 2.45) is 0 Å². The summed E-state index contributed by atoms with van der Waals surface area (Å²) in [5.74, 6) is -0.141. The van der Waals surface area contributed by atoms with Crippen LogP contribution in [0.2, 0.25) is 0 Å². The monoisotopic (exact) mass is 333 g/mol. The fraction of sp³-hybridized carbons (Fsp3) is 0.227. The Morgan fingerprint density at radius 3 is 2.72 bits per heavy atom. The molecule has 0 spiro atoms. The van der Waals surface area contributed by atoms with Crippen molar-refractivity contribution >= 4 is 16.7 Å². The lowest BCUT2D eigenvalue weighted by atomic mass is 10.0. The van der Waals surface area contributed by atoms with E-state index in [-0.39, 0.29) is 17.8 Å². The first-order valence-electron chi connectivity index (χ1n) is 8.75. The maximum Gasteiger partial charge on any atom is 0.254 e. The van der Waals surface area contributed by atoms with Crippen LogP contribution in [0.1, 0.15) is 28.8 Å². The van der Waals surface area contributed by atoms with Crippen LogP contribution in [0.15, 0.2) is 66.7 Å². The first kappa shape index (κ1) is 15.8. The SMILES string of the molecule is O=C(c1cccc2ccccc12)N1CCCC1Cc1cccc(F)c1. The summed E-state index contributed by atoms with van der Waals surface area (Å²) in [4.78, 5) is 15.1. The van der Waals surface area contributed by atoms with E-state index in [1.165, 1.54) is 6.07 Å². The maximum absolute atomic E-state index is 13.5. The van der Waals surface area contributed by atoms with E-state index >= 15 is 0 Å². The van der Waals surface area contributed by atoms with Gasteiger partial charge in [0.2, 0.25) is 0 Å². The van der Waals surface area contributed by atoms with Gasteiger partial charge in [-0.2, -0.15) is 0 Å². The predicted octanol–water partition coefficient (Wildman–Crippen LogP) is 4.83. The van der Waals surface area contributed by atoms with Crippen LogP contribution >= 0.6 is 0 Å². The summed E-state index contributed by atoms with van der Waals surface area (Å²) in [7, 11) is 0. The molecule has 3 aromatic rings. The molecule has 1 unspecified atom stereocenters. The van der Waals surface area contributed by atoms with Crippen molar-refractivity contribution in [1.29, 1.82) is 0 Å². The Morgan fingerprint density at radius 1 is 1.04 bits per heavy atom. The highest BCUT2D eigenvalue weighted by molar-refractivity contribution is 6.07. The van der Waals surface area contributed by atoms with Gasteiger partial charge < -0.3 is 4.90 Å². The average molecular weight is 333 g/mol. The second-order valence-electron chi connectivity index (χ2n) is 6.66. The van der Waals surface area contributed by atoms with E-state index in [2.05, 4.69) is 0 Å². The molecule has 3 aromatic carbocycles. The minimum Gasteiger partial charge on any atom is -0.335 e. The molecule has 0 N–H and O–H groups in total. The number of likely N-dealkylation sites (tertiary alicyclic amines) is 1. The molecule has 126 valence electrons. The summed E-state index contributed by atoms with van der Waals surface area (Å²) in [6.45, 7) is 0.766. The molecule has 0 radical (unpaired) electrons. The van der Waals surface area contributed by atoms with Gasteiger partial charge in [-0.3, -0.25) is 4.79 Å². The van der Waals surface area contributed by atoms with Crippen LogP contribution in [-0.2, 0) is 6.42 Å². The third kappa shape index (κ3) is 3.14. The largest absolute Gasteiger partial charge is 0.335 e. The topological polar surface area (TPSA) is 20.3 Å². The van der Waals surface area contributed by atoms with E-state index in [0.29, 0.717) is 6.42 Å². The van der Waals surface area contributed by atoms with Gasteiger partial charge in [-0.15, -0.1) is 0 Å². The smallest absolute Gasteiger partial charge is 0.254 e. The molecule has 1 fully saturated rings. The van der Waals surface area contributed by atoms with E-state index in [9.17, 15) is 9.18 Å². The molecule has 1 heterocycles. The Morgan fingerprint density at radius 2 is 1.84 bits per heavy atom. The van der Waals surface area contributed by atoms with E-state index in [0.717, 1.165) is 41.3 Å². The fourth-order valence-corrected chi connectivity index (χ4v) is 3.82. The first-order valence-corrected chi connectivity index (χ1v) is 8.75. The van der Waals surface area contributed by atoms with Gasteiger partial charge in [-0.05, 0) is 53.8 Å². The lowest BCUT2D eigenvalue weighted by Crippen LogP contribution is -2.36. The van der Waals surface area contributed by atoms with Gasteiger partial charge in [0.1, 0.15) is 5.82 Å². The number of rotatable bonds is 3. The molecule has 0 aliphatic carbocycles. The zero-order chi connectivity index (χ0) is 17.2. The van der Waals surface area contributed by atoms with Crippen molar-refractivity contribution in [3.05, 3.63) is 83.7 Å². The van der Waals surface area contributed by atoms with Crippen molar-refractivity contribution in [2.45, 2.75) is 25.3 Å². The Balaban J connectivity index is 1.62. The molecule has 0 bridgehead atoms. The van der Waals surface area contributed by atoms with Gasteiger partial charge in [0, 0.05) is 18.2 Å². The van der Waals surface area contributed by atoms with Gasteiger partial charge in [-0.1, -0.05) is 48.5 Å². The van der Waals surface area contributed by atoms with Gasteiger partial charge in [-0.25, -0.2) is 4.39 Å². The minimum absolute atomic E-state index is 0.0794. The van der Waals surface area contributed by atoms with Crippen molar-refractivity contribution in [2.75, 3.05) is 6.54 Å². The van der Waals surface area contributed by atoms with E-state index < -0.39 is 0 Å². The highest BCUT2D eigenvalue weighted by atomic mass is 19.1. The van der Waals surface area contributed by atoms with Crippen LogP contribution < -0.4 is 0 Å². The maximum atomic E-state index is 13.5. The summed E-state index contributed by atoms with van der Waals surface area (Å²) < 4.78 is 13.5. The van der Waals surface area contributed by atoms with Crippen molar-refractivity contribution < 1.29 is 9.18 Å². The van der Waals surface area contributed by atoms with Crippen LogP contribution in [0.5, 0.6) is 0 Å². The Hall–Kier alpha value is -2.68. The standard InChI is InChI=1S/C22H20FNO/c23-18-9-3-6-16(14-18)15-19-10-5-13-24(19)22(25)21-12-4-8-17-7-1-2-11-20(17)21/h1-4,6-9,11-12,14,19H,5,10,13,15H2. The van der Waals surface area contributed by atoms with E-state index in [4.69, 9.17) is 0 Å². The number of halogens is 1. The highest BCUT2D eigenvalue weighted by Gasteiger charge is 2.30. The van der Waals surface area contributed by atoms with Crippen molar-refractivity contribution in [3.63, 3.8) is 0 Å². The molecule has 1 amide bonds. The zero-order valence-electron chi connectivity index (χ0n) is 14.0. The Labute approximate surface area is 146 Å². The molecule has 1 atom stereocenters. The molecule has 1 saturated heterocycles. The van der Waals surface area contributed by atoms with Crippen LogP contribution in [-0.4, -0.2) is 23.4 Å². The lowest BCUT2D eigenvalue weighted by Gasteiger charge is -2.25. The number of hydrogen-bond acceptors (Lipinski definition) is 1. The molecule has 3 heteroatoms. The zero-order valence-corrected chi connectivity index (χ0v) is 14.0. The summed E-state index contributed by atoms with van der Waals surface area (Å²) in [6, 6.07) is 20.7. The van der Waals surface area contributed by atoms with Gasteiger partial charge >= 0.3 is 0 Å². The summed E-state index contributed by atoms with van der Waals surface area (Å²) in [5, 5.41) is 2.07. The second-order valence-corrected chi connectivity index (χ2v) is 6.66. The summed E-state index contributed by atoms with van der Waals surface area (Å²) in [6.07, 6.45) is 2.66. The van der Waals surface area contributed by atoms with Crippen LogP contribution in [0, 0.1) is 5.82 Å². The van der Waals surface area contributed by atoms with Crippen molar-refractivity contribution in [3.8, 4) is 0 Å². The number of carbonyl (C=O) groups excluding carboxylic acids is 1. The van der Waals surface area contributed by atoms with E-state index in [1.54, 1.807) is 12.1 Å². The van der Waals surface area contributed by atoms with Crippen LogP contribution in [0.25, 0.3) is 10.8 Å². The average Bonchev–Trinajstić information content (AvgIpc) is 3.09. The van der Waals surface area contributed by atoms with Gasteiger partial charge in [0.25, 0.3) is 5.91 Å². The highest BCUT2D eigenvalue weighted by Crippen LogP contribution is 2.26. The third-order valence-electron chi connectivity index (χ3n) is 5.02. The summed E-state index contributed by atoms with van der Waals surface area (Å²) in [5.41, 5.74) is 1.70. The Kier molecular flexibility index (Phi) is 4.22. The van der Waals surface area contributed by atoms with Crippen LogP contribution in [0.4, 0.5) is 4.39 Å². The number of carbonyl (C=O) groups is 1. The normalized spacial score (nSPS) is 17.2. The Bertz CT molecular complexity index is 915. The number of nitrogens with zero attached hydrogens (tertiary/aromatic N) is 1. The van der Waals surface area contributed by atoms with Gasteiger partial charge in [0.15, 0.2) is 0 Å². The second kappa shape index (κ2) is 6.67. The van der Waals surface area contributed by atoms with Crippen LogP contribution in [0.3, 0.4) is 0 Å². The molecule has 4 rings (SSSR count). The third-order valence-corrected chi connectivity index (χ3v) is 5.02. The number of amides is 1. The van der Waals surface area contributed by atoms with Crippen molar-refractivity contribution in [1.82, 2.24) is 4.90 Å². The first-order chi connectivity index (χ1) is 12.2. The molecular weight excluding hydrogens is 313 g/mol. The lowest BCUT2D eigenvalue weighted by molar-refractivity contribution is 0.0738. The van der Waals surface area contributed by atoms with E-state index in [1.807, 2.05) is 53.4 Å². The quantitative estimate of drug-likeness (QED) is 0.672.